The predicted molar refractivity (Wildman–Crippen MR) is 82.5 cm³/mol. The number of alkyl halides is 3. The molecule has 2 rings (SSSR count). The molecule has 5 heteroatoms. The summed E-state index contributed by atoms with van der Waals surface area (Å²) in [7, 11) is 0. The molecule has 0 bridgehead atoms. The lowest BCUT2D eigenvalue weighted by atomic mass is 9.82. The topological polar surface area (TPSA) is 22.1 Å². The lowest BCUT2D eigenvalue weighted by molar-refractivity contribution is -0.183. The zero-order chi connectivity index (χ0) is 16.7. The second kappa shape index (κ2) is 8.24. The number of hydrogen-bond donors (Lipinski definition) is 0. The van der Waals surface area contributed by atoms with Crippen LogP contribution in [0.1, 0.15) is 43.2 Å². The van der Waals surface area contributed by atoms with Crippen LogP contribution in [0.5, 0.6) is 0 Å². The van der Waals surface area contributed by atoms with Gasteiger partial charge in [0.25, 0.3) is 0 Å². The van der Waals surface area contributed by atoms with Crippen molar-refractivity contribution in [3.05, 3.63) is 29.6 Å². The molecule has 0 aromatic carbocycles. The predicted octanol–water partition coefficient (Wildman–Crippen LogP) is 4.67. The van der Waals surface area contributed by atoms with E-state index >= 15 is 0 Å². The molecule has 0 unspecified atom stereocenters. The number of ether oxygens (including phenoxy) is 1. The summed E-state index contributed by atoms with van der Waals surface area (Å²) in [5.74, 6) is 1.84. The fourth-order valence-corrected chi connectivity index (χ4v) is 2.84. The molecule has 2 nitrogen and oxygen atoms in total. The Balaban J connectivity index is 1.62. The number of aromatic nitrogens is 1. The van der Waals surface area contributed by atoms with Crippen LogP contribution < -0.4 is 0 Å². The molecular weight excluding hydrogens is 303 g/mol. The third-order valence-corrected chi connectivity index (χ3v) is 4.17. The third-order valence-electron chi connectivity index (χ3n) is 4.17. The van der Waals surface area contributed by atoms with Crippen LogP contribution in [-0.2, 0) is 11.2 Å². The van der Waals surface area contributed by atoms with Crippen molar-refractivity contribution in [3.63, 3.8) is 0 Å². The van der Waals surface area contributed by atoms with Crippen LogP contribution >= 0.6 is 0 Å². The van der Waals surface area contributed by atoms with Crippen molar-refractivity contribution in [1.29, 1.82) is 0 Å². The zero-order valence-electron chi connectivity index (χ0n) is 13.3. The SMILES string of the molecule is Cc1cncc(CCCOC#CC2CCC(C(F)(F)F)CC2)c1. The molecule has 1 aliphatic carbocycles. The first-order valence-electron chi connectivity index (χ1n) is 8.04. The van der Waals surface area contributed by atoms with Gasteiger partial charge in [0, 0.05) is 18.3 Å². The van der Waals surface area contributed by atoms with Gasteiger partial charge in [-0.15, -0.1) is 0 Å². The number of hydrogen-bond acceptors (Lipinski definition) is 2. The average molecular weight is 325 g/mol. The maximum Gasteiger partial charge on any atom is 0.391 e. The second-order valence-corrected chi connectivity index (χ2v) is 6.16. The van der Waals surface area contributed by atoms with Gasteiger partial charge >= 0.3 is 6.18 Å². The Kier molecular flexibility index (Phi) is 6.32. The highest BCUT2D eigenvalue weighted by molar-refractivity contribution is 5.16. The Morgan fingerprint density at radius 2 is 1.96 bits per heavy atom. The number of rotatable bonds is 4. The Morgan fingerprint density at radius 1 is 1.22 bits per heavy atom. The van der Waals surface area contributed by atoms with Gasteiger partial charge in [0.15, 0.2) is 0 Å². The van der Waals surface area contributed by atoms with Crippen molar-refractivity contribution >= 4 is 0 Å². The van der Waals surface area contributed by atoms with Gasteiger partial charge < -0.3 is 4.74 Å². The summed E-state index contributed by atoms with van der Waals surface area (Å²) in [6.45, 7) is 2.53. The van der Waals surface area contributed by atoms with Gasteiger partial charge in [0.2, 0.25) is 0 Å². The summed E-state index contributed by atoms with van der Waals surface area (Å²) >= 11 is 0. The summed E-state index contributed by atoms with van der Waals surface area (Å²) in [5.41, 5.74) is 2.31. The molecule has 1 aromatic heterocycles. The molecule has 126 valence electrons. The molecule has 1 aromatic rings. The van der Waals surface area contributed by atoms with E-state index in [0.29, 0.717) is 19.4 Å². The molecule has 0 atom stereocenters. The first-order valence-corrected chi connectivity index (χ1v) is 8.04. The van der Waals surface area contributed by atoms with Crippen molar-refractivity contribution in [2.45, 2.75) is 51.6 Å². The highest BCUT2D eigenvalue weighted by Crippen LogP contribution is 2.39. The van der Waals surface area contributed by atoms with Gasteiger partial charge in [-0.05, 0) is 56.6 Å². The summed E-state index contributed by atoms with van der Waals surface area (Å²) in [4.78, 5) is 4.13. The maximum atomic E-state index is 12.6. The van der Waals surface area contributed by atoms with E-state index in [1.54, 1.807) is 0 Å². The van der Waals surface area contributed by atoms with Gasteiger partial charge in [-0.1, -0.05) is 12.0 Å². The molecule has 1 aliphatic rings. The average Bonchev–Trinajstić information content (AvgIpc) is 2.50. The van der Waals surface area contributed by atoms with Crippen LogP contribution in [0, 0.1) is 30.8 Å². The number of aryl methyl sites for hydroxylation is 2. The quantitative estimate of drug-likeness (QED) is 0.593. The number of pyridine rings is 1. The molecular formula is C18H22F3NO. The third kappa shape index (κ3) is 6.13. The minimum Gasteiger partial charge on any atom is -0.447 e. The summed E-state index contributed by atoms with van der Waals surface area (Å²) in [6, 6.07) is 2.10. The number of halogens is 3. The van der Waals surface area contributed by atoms with E-state index in [-0.39, 0.29) is 18.8 Å². The molecule has 0 aliphatic heterocycles. The number of nitrogens with zero attached hydrogens (tertiary/aromatic N) is 1. The molecule has 1 fully saturated rings. The molecule has 23 heavy (non-hydrogen) atoms. The van der Waals surface area contributed by atoms with Crippen molar-refractivity contribution in [2.24, 2.45) is 11.8 Å². The minimum atomic E-state index is -4.06. The van der Waals surface area contributed by atoms with Crippen LogP contribution in [0.4, 0.5) is 13.2 Å². The maximum absolute atomic E-state index is 12.6. The monoisotopic (exact) mass is 325 g/mol. The van der Waals surface area contributed by atoms with Gasteiger partial charge in [0.05, 0.1) is 5.92 Å². The smallest absolute Gasteiger partial charge is 0.391 e. The molecule has 0 N–H and O–H groups in total. The minimum absolute atomic E-state index is 0.0366. The Morgan fingerprint density at radius 3 is 2.61 bits per heavy atom. The Hall–Kier alpha value is -1.70. The van der Waals surface area contributed by atoms with Crippen LogP contribution in [0.25, 0.3) is 0 Å². The van der Waals surface area contributed by atoms with Gasteiger partial charge in [-0.3, -0.25) is 4.98 Å². The largest absolute Gasteiger partial charge is 0.447 e. The molecule has 0 saturated heterocycles. The normalized spacial score (nSPS) is 21.4. The van der Waals surface area contributed by atoms with Crippen molar-refractivity contribution in [2.75, 3.05) is 6.61 Å². The first-order chi connectivity index (χ1) is 10.9. The summed E-state index contributed by atoms with van der Waals surface area (Å²) < 4.78 is 43.0. The molecule has 0 radical (unpaired) electrons. The Labute approximate surface area is 135 Å². The van der Waals surface area contributed by atoms with E-state index in [1.165, 1.54) is 5.56 Å². The van der Waals surface area contributed by atoms with Crippen LogP contribution in [0.3, 0.4) is 0 Å². The molecule has 0 spiro atoms. The van der Waals surface area contributed by atoms with E-state index in [1.807, 2.05) is 19.3 Å². The van der Waals surface area contributed by atoms with Crippen molar-refractivity contribution < 1.29 is 17.9 Å². The van der Waals surface area contributed by atoms with Gasteiger partial charge in [-0.25, -0.2) is 0 Å². The fraction of sp³-hybridized carbons (Fsp3) is 0.611. The van der Waals surface area contributed by atoms with E-state index in [2.05, 4.69) is 23.1 Å². The van der Waals surface area contributed by atoms with E-state index in [4.69, 9.17) is 4.74 Å². The lowest BCUT2D eigenvalue weighted by Crippen LogP contribution is -2.27. The fourth-order valence-electron chi connectivity index (χ4n) is 2.84. The lowest BCUT2D eigenvalue weighted by Gasteiger charge is -2.27. The second-order valence-electron chi connectivity index (χ2n) is 6.16. The molecule has 1 saturated carbocycles. The van der Waals surface area contributed by atoms with E-state index < -0.39 is 12.1 Å². The first kappa shape index (κ1) is 17.7. The van der Waals surface area contributed by atoms with Crippen LogP contribution in [0.2, 0.25) is 0 Å². The molecule has 0 amide bonds. The van der Waals surface area contributed by atoms with Crippen molar-refractivity contribution in [3.8, 4) is 12.0 Å². The van der Waals surface area contributed by atoms with E-state index in [0.717, 1.165) is 18.4 Å². The highest BCUT2D eigenvalue weighted by Gasteiger charge is 2.41. The highest BCUT2D eigenvalue weighted by atomic mass is 19.4. The van der Waals surface area contributed by atoms with Crippen LogP contribution in [-0.4, -0.2) is 17.8 Å². The van der Waals surface area contributed by atoms with Crippen molar-refractivity contribution in [1.82, 2.24) is 4.98 Å². The standard InChI is InChI=1S/C18H22F3NO/c1-14-11-16(13-22-12-14)3-2-9-23-10-8-15-4-6-17(7-5-15)18(19,20)21/h11-13,15,17H,2-7,9H2,1H3. The molecule has 1 heterocycles. The zero-order valence-corrected chi connectivity index (χ0v) is 13.3. The summed E-state index contributed by atoms with van der Waals surface area (Å²) in [6.07, 6.45) is 5.38. The van der Waals surface area contributed by atoms with Gasteiger partial charge in [0.1, 0.15) is 12.7 Å². The van der Waals surface area contributed by atoms with Crippen LogP contribution in [0.15, 0.2) is 18.5 Å². The summed E-state index contributed by atoms with van der Waals surface area (Å²) in [5, 5.41) is 0. The van der Waals surface area contributed by atoms with Gasteiger partial charge in [-0.2, -0.15) is 13.2 Å². The van der Waals surface area contributed by atoms with E-state index in [9.17, 15) is 13.2 Å². The Bertz CT molecular complexity index is 551.